The molecule has 1 nitrogen and oxygen atoms in total. The Morgan fingerprint density at radius 2 is 0.959 bits per heavy atom. The first-order valence-corrected chi connectivity index (χ1v) is 16.4. The first-order valence-electron chi connectivity index (χ1n) is 18.9. The Morgan fingerprint density at radius 1 is 0.388 bits per heavy atom. The molecule has 0 spiro atoms. The minimum absolute atomic E-state index is 0.127. The van der Waals surface area contributed by atoms with E-state index in [1.807, 2.05) is 24.3 Å². The molecule has 9 aromatic carbocycles. The molecule has 1 aromatic heterocycles. The zero-order chi connectivity index (χ0) is 36.7. The van der Waals surface area contributed by atoms with E-state index >= 15 is 0 Å². The lowest BCUT2D eigenvalue weighted by Gasteiger charge is -2.18. The summed E-state index contributed by atoms with van der Waals surface area (Å²) in [5.74, 6) is 0. The number of benzene rings is 9. The van der Waals surface area contributed by atoms with Gasteiger partial charge in [-0.1, -0.05) is 164 Å². The number of hydrogen-bond acceptors (Lipinski definition) is 1. The third kappa shape index (κ3) is 4.40. The Balaban J connectivity index is 1.17. The van der Waals surface area contributed by atoms with E-state index < -0.39 is 6.04 Å². The fourth-order valence-electron chi connectivity index (χ4n) is 7.59. The fourth-order valence-corrected chi connectivity index (χ4v) is 7.59. The molecule has 0 saturated carbocycles. The van der Waals surface area contributed by atoms with E-state index in [9.17, 15) is 0 Å². The molecule has 0 fully saturated rings. The molecule has 10 aromatic rings. The molecule has 0 atom stereocenters. The van der Waals surface area contributed by atoms with E-state index in [-0.39, 0.29) is 29.7 Å². The molecule has 10 rings (SSSR count). The van der Waals surface area contributed by atoms with Gasteiger partial charge in [0.05, 0.1) is 6.85 Å². The average molecular weight is 628 g/mol. The third-order valence-corrected chi connectivity index (χ3v) is 9.73. The normalized spacial score (nSPS) is 13.1. The van der Waals surface area contributed by atoms with E-state index in [0.717, 1.165) is 38.2 Å². The van der Waals surface area contributed by atoms with Gasteiger partial charge in [-0.15, -0.1) is 0 Å². The highest BCUT2D eigenvalue weighted by Gasteiger charge is 2.18. The minimum atomic E-state index is -0.419. The molecule has 0 amide bonds. The molecule has 0 saturated heterocycles. The largest absolute Gasteiger partial charge is 0.455 e. The summed E-state index contributed by atoms with van der Waals surface area (Å²) < 4.78 is 48.4. The average Bonchev–Trinajstić information content (AvgIpc) is 3.61. The lowest BCUT2D eigenvalue weighted by Crippen LogP contribution is -1.91. The maximum absolute atomic E-state index is 8.64. The minimum Gasteiger partial charge on any atom is -0.455 e. The smallest absolute Gasteiger partial charge is 0.143 e. The molecular formula is C48H30O. The number of furan rings is 1. The summed E-state index contributed by atoms with van der Waals surface area (Å²) in [6.07, 6.45) is 0. The quantitative estimate of drug-likeness (QED) is 0.177. The van der Waals surface area contributed by atoms with Gasteiger partial charge in [0.2, 0.25) is 0 Å². The summed E-state index contributed by atoms with van der Waals surface area (Å²) in [7, 11) is 0. The van der Waals surface area contributed by atoms with Crippen molar-refractivity contribution in [2.75, 3.05) is 0 Å². The van der Waals surface area contributed by atoms with Gasteiger partial charge in [0.1, 0.15) is 11.2 Å². The van der Waals surface area contributed by atoms with E-state index in [4.69, 9.17) is 11.3 Å². The highest BCUT2D eigenvalue weighted by molar-refractivity contribution is 6.22. The van der Waals surface area contributed by atoms with Crippen molar-refractivity contribution < 1.29 is 11.3 Å². The van der Waals surface area contributed by atoms with Crippen LogP contribution in [0.5, 0.6) is 0 Å². The van der Waals surface area contributed by atoms with E-state index in [2.05, 4.69) is 121 Å². The van der Waals surface area contributed by atoms with Gasteiger partial charge in [-0.3, -0.25) is 0 Å². The summed E-state index contributed by atoms with van der Waals surface area (Å²) in [6, 6.07) is 51.1. The highest BCUT2D eigenvalue weighted by atomic mass is 16.3. The number of hydrogen-bond donors (Lipinski definition) is 0. The molecule has 49 heavy (non-hydrogen) atoms. The molecule has 0 bridgehead atoms. The Labute approximate surface area is 291 Å². The fraction of sp³-hybridized carbons (Fsp3) is 0. The predicted octanol–water partition coefficient (Wildman–Crippen LogP) is 13.7. The Hall–Kier alpha value is -6.44. The van der Waals surface area contributed by atoms with Crippen LogP contribution in [0.4, 0.5) is 0 Å². The topological polar surface area (TPSA) is 13.1 Å². The monoisotopic (exact) mass is 627 g/mol. The first kappa shape index (κ1) is 23.0. The van der Waals surface area contributed by atoms with Gasteiger partial charge in [0, 0.05) is 16.3 Å². The van der Waals surface area contributed by atoms with Gasteiger partial charge in [-0.05, 0) is 89.5 Å². The summed E-state index contributed by atoms with van der Waals surface area (Å²) in [6.45, 7) is 0. The molecule has 0 N–H and O–H groups in total. The predicted molar refractivity (Wildman–Crippen MR) is 208 cm³/mol. The maximum Gasteiger partial charge on any atom is 0.143 e. The SMILES string of the molecule is [2H]c1c([2H])c([2H])c(-c2cccc3c2oc2cccc(-c4ccc5ccc(-c6c7ccccc7c(-c7ccccc7)c7ccccc67)cc5c4)c23)c([2H])c1[2H]. The van der Waals surface area contributed by atoms with Crippen LogP contribution >= 0.6 is 0 Å². The molecule has 228 valence electrons. The zero-order valence-corrected chi connectivity index (χ0v) is 26.3. The summed E-state index contributed by atoms with van der Waals surface area (Å²) in [5, 5.41) is 8.80. The van der Waals surface area contributed by atoms with Gasteiger partial charge in [-0.2, -0.15) is 0 Å². The highest BCUT2D eigenvalue weighted by Crippen LogP contribution is 2.45. The molecule has 0 aliphatic carbocycles. The maximum atomic E-state index is 8.64. The molecule has 1 heterocycles. The Morgan fingerprint density at radius 3 is 1.67 bits per heavy atom. The summed E-state index contributed by atoms with van der Waals surface area (Å²) >= 11 is 0. The van der Waals surface area contributed by atoms with Crippen molar-refractivity contribution in [1.82, 2.24) is 0 Å². The van der Waals surface area contributed by atoms with Gasteiger partial charge >= 0.3 is 0 Å². The molecule has 1 heteroatoms. The second kappa shape index (κ2) is 11.1. The Kier molecular flexibility index (Phi) is 5.20. The van der Waals surface area contributed by atoms with Crippen molar-refractivity contribution in [2.24, 2.45) is 0 Å². The standard InChI is InChI=1S/C48H30O/c1-3-13-32(14-4-1)38-22-11-23-43-47-37(21-12-24-44(47)49-48(38)43)34-27-25-31-26-28-35(30-36(31)29-34)46-41-19-9-7-17-39(41)45(33-15-5-2-6-16-33)40-18-8-10-20-42(40)46/h1-30H/i1D,3D,4D,13D,14D. The summed E-state index contributed by atoms with van der Waals surface area (Å²) in [5.41, 5.74) is 8.53. The molecule has 0 unspecified atom stereocenters. The van der Waals surface area contributed by atoms with Crippen LogP contribution in [0.25, 0.3) is 98.8 Å². The van der Waals surface area contributed by atoms with Crippen LogP contribution in [0.2, 0.25) is 0 Å². The molecule has 0 radical (unpaired) electrons. The van der Waals surface area contributed by atoms with Crippen molar-refractivity contribution in [2.45, 2.75) is 0 Å². The lowest BCUT2D eigenvalue weighted by molar-refractivity contribution is 0.670. The second-order valence-corrected chi connectivity index (χ2v) is 12.4. The van der Waals surface area contributed by atoms with Crippen molar-refractivity contribution in [3.8, 4) is 44.5 Å². The van der Waals surface area contributed by atoms with Crippen LogP contribution in [-0.2, 0) is 0 Å². The van der Waals surface area contributed by atoms with Crippen LogP contribution in [0, 0.1) is 0 Å². The Bertz CT molecular complexity index is 3080. The molecule has 0 aliphatic heterocycles. The first-order chi connectivity index (χ1) is 26.4. The van der Waals surface area contributed by atoms with Gasteiger partial charge in [0.15, 0.2) is 0 Å². The van der Waals surface area contributed by atoms with Gasteiger partial charge < -0.3 is 4.42 Å². The zero-order valence-electron chi connectivity index (χ0n) is 31.3. The van der Waals surface area contributed by atoms with E-state index in [1.165, 1.54) is 38.2 Å². The van der Waals surface area contributed by atoms with Crippen molar-refractivity contribution in [3.05, 3.63) is 182 Å². The second-order valence-electron chi connectivity index (χ2n) is 12.4. The van der Waals surface area contributed by atoms with E-state index in [0.29, 0.717) is 16.7 Å². The van der Waals surface area contributed by atoms with Crippen LogP contribution in [0.3, 0.4) is 0 Å². The number of fused-ring (bicyclic) bond motifs is 6. The lowest BCUT2D eigenvalue weighted by atomic mass is 9.85. The van der Waals surface area contributed by atoms with Crippen molar-refractivity contribution in [3.63, 3.8) is 0 Å². The number of para-hydroxylation sites is 1. The van der Waals surface area contributed by atoms with Crippen LogP contribution in [0.1, 0.15) is 6.85 Å². The molecule has 0 aliphatic rings. The third-order valence-electron chi connectivity index (χ3n) is 9.73. The van der Waals surface area contributed by atoms with Gasteiger partial charge in [0.25, 0.3) is 0 Å². The van der Waals surface area contributed by atoms with Crippen molar-refractivity contribution >= 4 is 54.3 Å². The van der Waals surface area contributed by atoms with Crippen LogP contribution < -0.4 is 0 Å². The van der Waals surface area contributed by atoms with Crippen LogP contribution in [0.15, 0.2) is 186 Å². The van der Waals surface area contributed by atoms with Crippen LogP contribution in [-0.4, -0.2) is 0 Å². The number of rotatable bonds is 4. The van der Waals surface area contributed by atoms with E-state index in [1.54, 1.807) is 6.07 Å². The van der Waals surface area contributed by atoms with Crippen molar-refractivity contribution in [1.29, 1.82) is 0 Å². The molecular weight excluding hydrogens is 593 g/mol. The van der Waals surface area contributed by atoms with Gasteiger partial charge in [-0.25, -0.2) is 0 Å². The summed E-state index contributed by atoms with van der Waals surface area (Å²) in [4.78, 5) is 0.